The number of nitrogens with zero attached hydrogens (tertiary/aromatic N) is 1. The molecule has 0 spiro atoms. The molecule has 3 aromatic rings. The molecule has 8 heteroatoms. The lowest BCUT2D eigenvalue weighted by atomic mass is 10.2. The van der Waals surface area contributed by atoms with E-state index in [-0.39, 0.29) is 16.6 Å². The van der Waals surface area contributed by atoms with Gasteiger partial charge < -0.3 is 10.1 Å². The minimum Gasteiger partial charge on any atom is -0.457 e. The summed E-state index contributed by atoms with van der Waals surface area (Å²) in [7, 11) is 0. The first-order chi connectivity index (χ1) is 13.2. The number of rotatable bonds is 4. The van der Waals surface area contributed by atoms with Gasteiger partial charge in [-0.1, -0.05) is 17.7 Å². The van der Waals surface area contributed by atoms with Crippen LogP contribution in [0.25, 0.3) is 0 Å². The van der Waals surface area contributed by atoms with E-state index in [0.29, 0.717) is 17.0 Å². The lowest BCUT2D eigenvalue weighted by molar-refractivity contribution is -0.137. The van der Waals surface area contributed by atoms with E-state index in [0.717, 1.165) is 12.1 Å². The minimum absolute atomic E-state index is 0.219. The van der Waals surface area contributed by atoms with Gasteiger partial charge >= 0.3 is 6.18 Å². The predicted molar refractivity (Wildman–Crippen MR) is 99.9 cm³/mol. The number of pyridine rings is 1. The van der Waals surface area contributed by atoms with Crippen LogP contribution in [0.5, 0.6) is 11.5 Å². The van der Waals surface area contributed by atoms with Gasteiger partial charge in [-0.15, -0.1) is 0 Å². The van der Waals surface area contributed by atoms with Crippen molar-refractivity contribution in [1.82, 2.24) is 4.98 Å². The van der Waals surface area contributed by atoms with Gasteiger partial charge in [0.05, 0.1) is 5.56 Å². The molecule has 1 heterocycles. The number of benzene rings is 2. The first-order valence-electron chi connectivity index (χ1n) is 8.12. The van der Waals surface area contributed by atoms with Gasteiger partial charge in [0.25, 0.3) is 5.91 Å². The Labute approximate surface area is 163 Å². The number of hydrogen-bond donors (Lipinski definition) is 1. The Morgan fingerprint density at radius 1 is 0.964 bits per heavy atom. The lowest BCUT2D eigenvalue weighted by Gasteiger charge is -2.10. The molecule has 0 aliphatic heterocycles. The first kappa shape index (κ1) is 19.7. The van der Waals surface area contributed by atoms with E-state index in [4.69, 9.17) is 16.3 Å². The fourth-order valence-electron chi connectivity index (χ4n) is 2.38. The SMILES string of the molecule is Cc1ccc(Cl)nc1C(=O)Nc1ccc(Oc2ccc(C(F)(F)F)cc2)cc1. The highest BCUT2D eigenvalue weighted by Crippen LogP contribution is 2.31. The standard InChI is InChI=1S/C20H14ClF3N2O2/c1-12-2-11-17(21)26-18(12)19(27)25-14-5-9-16(10-6-14)28-15-7-3-13(4-8-15)20(22,23)24/h2-11H,1H3,(H,25,27). The zero-order valence-electron chi connectivity index (χ0n) is 14.5. The average molecular weight is 407 g/mol. The molecule has 0 aliphatic rings. The second-order valence-corrected chi connectivity index (χ2v) is 6.29. The largest absolute Gasteiger partial charge is 0.457 e. The number of carbonyl (C=O) groups excluding carboxylic acids is 1. The summed E-state index contributed by atoms with van der Waals surface area (Å²) in [6, 6.07) is 14.1. The maximum absolute atomic E-state index is 12.6. The fraction of sp³-hybridized carbons (Fsp3) is 0.100. The predicted octanol–water partition coefficient (Wildman–Crippen LogP) is 6.11. The monoisotopic (exact) mass is 406 g/mol. The van der Waals surface area contributed by atoms with Crippen molar-refractivity contribution in [2.75, 3.05) is 5.32 Å². The molecule has 1 amide bonds. The van der Waals surface area contributed by atoms with E-state index >= 15 is 0 Å². The molecule has 2 aromatic carbocycles. The number of aryl methyl sites for hydroxylation is 1. The summed E-state index contributed by atoms with van der Waals surface area (Å²) < 4.78 is 43.2. The van der Waals surface area contributed by atoms with E-state index in [9.17, 15) is 18.0 Å². The molecule has 0 unspecified atom stereocenters. The van der Waals surface area contributed by atoms with Crippen LogP contribution in [0.1, 0.15) is 21.6 Å². The molecule has 4 nitrogen and oxygen atoms in total. The summed E-state index contributed by atoms with van der Waals surface area (Å²) in [6.07, 6.45) is -4.39. The molecule has 0 bridgehead atoms. The summed E-state index contributed by atoms with van der Waals surface area (Å²) in [4.78, 5) is 16.3. The average Bonchev–Trinajstić information content (AvgIpc) is 2.65. The lowest BCUT2D eigenvalue weighted by Crippen LogP contribution is -2.15. The minimum atomic E-state index is -4.39. The van der Waals surface area contributed by atoms with Crippen molar-refractivity contribution in [3.63, 3.8) is 0 Å². The maximum Gasteiger partial charge on any atom is 0.416 e. The zero-order valence-corrected chi connectivity index (χ0v) is 15.3. The Kier molecular flexibility index (Phi) is 5.56. The Morgan fingerprint density at radius 2 is 1.54 bits per heavy atom. The maximum atomic E-state index is 12.6. The van der Waals surface area contributed by atoms with Crippen LogP contribution in [0.15, 0.2) is 60.7 Å². The van der Waals surface area contributed by atoms with Gasteiger partial charge in [-0.25, -0.2) is 4.98 Å². The summed E-state index contributed by atoms with van der Waals surface area (Å²) in [5, 5.41) is 2.92. The molecule has 0 saturated heterocycles. The van der Waals surface area contributed by atoms with Crippen LogP contribution in [0.2, 0.25) is 5.15 Å². The molecule has 1 N–H and O–H groups in total. The topological polar surface area (TPSA) is 51.2 Å². The van der Waals surface area contributed by atoms with Gasteiger partial charge in [0.2, 0.25) is 0 Å². The summed E-state index contributed by atoms with van der Waals surface area (Å²) in [6.45, 7) is 1.75. The van der Waals surface area contributed by atoms with Crippen molar-refractivity contribution in [3.8, 4) is 11.5 Å². The third-order valence-corrected chi connectivity index (χ3v) is 4.02. The molecule has 144 valence electrons. The molecule has 0 radical (unpaired) electrons. The van der Waals surface area contributed by atoms with Gasteiger partial charge in [-0.2, -0.15) is 13.2 Å². The number of carbonyl (C=O) groups is 1. The Balaban J connectivity index is 1.66. The zero-order chi connectivity index (χ0) is 20.3. The van der Waals surface area contributed by atoms with Crippen LogP contribution in [0.3, 0.4) is 0 Å². The molecule has 0 fully saturated rings. The molecule has 0 aliphatic carbocycles. The molecule has 0 atom stereocenters. The third kappa shape index (κ3) is 4.80. The van der Waals surface area contributed by atoms with Crippen LogP contribution >= 0.6 is 11.6 Å². The Bertz CT molecular complexity index is 988. The van der Waals surface area contributed by atoms with Crippen LogP contribution in [0, 0.1) is 6.92 Å². The summed E-state index contributed by atoms with van der Waals surface area (Å²) >= 11 is 5.83. The normalized spacial score (nSPS) is 11.2. The van der Waals surface area contributed by atoms with Crippen molar-refractivity contribution in [2.45, 2.75) is 13.1 Å². The van der Waals surface area contributed by atoms with Crippen LogP contribution in [-0.4, -0.2) is 10.9 Å². The van der Waals surface area contributed by atoms with Gasteiger partial charge in [0.15, 0.2) is 0 Å². The van der Waals surface area contributed by atoms with E-state index in [1.165, 1.54) is 12.1 Å². The molecule has 28 heavy (non-hydrogen) atoms. The van der Waals surface area contributed by atoms with E-state index in [2.05, 4.69) is 10.3 Å². The number of nitrogens with one attached hydrogen (secondary N) is 1. The molecule has 1 aromatic heterocycles. The second-order valence-electron chi connectivity index (χ2n) is 5.90. The molecular formula is C20H14ClF3N2O2. The molecule has 3 rings (SSSR count). The number of aromatic nitrogens is 1. The van der Waals surface area contributed by atoms with Gasteiger partial charge in [0.1, 0.15) is 22.3 Å². The summed E-state index contributed by atoms with van der Waals surface area (Å²) in [5.41, 5.74) is 0.663. The van der Waals surface area contributed by atoms with Crippen molar-refractivity contribution in [1.29, 1.82) is 0 Å². The van der Waals surface area contributed by atoms with Crippen LogP contribution in [-0.2, 0) is 6.18 Å². The highest BCUT2D eigenvalue weighted by Gasteiger charge is 2.30. The highest BCUT2D eigenvalue weighted by molar-refractivity contribution is 6.29. The van der Waals surface area contributed by atoms with E-state index < -0.39 is 17.6 Å². The van der Waals surface area contributed by atoms with Gasteiger partial charge in [0, 0.05) is 5.69 Å². The quantitative estimate of drug-likeness (QED) is 0.532. The van der Waals surface area contributed by atoms with Gasteiger partial charge in [-0.05, 0) is 67.1 Å². The van der Waals surface area contributed by atoms with Crippen molar-refractivity contribution in [3.05, 3.63) is 82.6 Å². The smallest absolute Gasteiger partial charge is 0.416 e. The van der Waals surface area contributed by atoms with E-state index in [1.807, 2.05) is 0 Å². The van der Waals surface area contributed by atoms with Crippen molar-refractivity contribution in [2.24, 2.45) is 0 Å². The number of amides is 1. The fourth-order valence-corrected chi connectivity index (χ4v) is 2.53. The van der Waals surface area contributed by atoms with E-state index in [1.54, 1.807) is 43.3 Å². The number of halogens is 4. The third-order valence-electron chi connectivity index (χ3n) is 3.81. The number of ether oxygens (including phenoxy) is 1. The molecular weight excluding hydrogens is 393 g/mol. The first-order valence-corrected chi connectivity index (χ1v) is 8.50. The van der Waals surface area contributed by atoms with Crippen LogP contribution in [0.4, 0.5) is 18.9 Å². The van der Waals surface area contributed by atoms with Crippen molar-refractivity contribution < 1.29 is 22.7 Å². The van der Waals surface area contributed by atoms with Gasteiger partial charge in [-0.3, -0.25) is 4.79 Å². The number of alkyl halides is 3. The number of hydrogen-bond acceptors (Lipinski definition) is 3. The van der Waals surface area contributed by atoms with Crippen molar-refractivity contribution >= 4 is 23.2 Å². The molecule has 0 saturated carbocycles. The Morgan fingerprint density at radius 3 is 2.11 bits per heavy atom. The second kappa shape index (κ2) is 7.90. The highest BCUT2D eigenvalue weighted by atomic mass is 35.5. The Hall–Kier alpha value is -3.06. The number of anilines is 1. The summed E-state index contributed by atoms with van der Waals surface area (Å²) in [5.74, 6) is 0.273. The van der Waals surface area contributed by atoms with Crippen LogP contribution < -0.4 is 10.1 Å².